The normalized spacial score (nSPS) is 18.2. The summed E-state index contributed by atoms with van der Waals surface area (Å²) in [6.45, 7) is 5.75. The maximum Gasteiger partial charge on any atom is 0.270 e. The SMILES string of the molecule is CCC1(CC)CCN(C(=O)c2cc(S(=O)(=O)Cl)cn2C)C1. The Labute approximate surface area is 130 Å². The molecule has 5 nitrogen and oxygen atoms in total. The van der Waals surface area contributed by atoms with Crippen molar-refractivity contribution in [3.63, 3.8) is 0 Å². The van der Waals surface area contributed by atoms with Crippen molar-refractivity contribution in [3.05, 3.63) is 18.0 Å². The Kier molecular flexibility index (Phi) is 4.40. The highest BCUT2D eigenvalue weighted by Crippen LogP contribution is 2.37. The van der Waals surface area contributed by atoms with Crippen LogP contribution in [0.1, 0.15) is 43.6 Å². The molecule has 1 aliphatic heterocycles. The van der Waals surface area contributed by atoms with E-state index in [1.165, 1.54) is 16.8 Å². The van der Waals surface area contributed by atoms with E-state index in [1.54, 1.807) is 7.05 Å². The van der Waals surface area contributed by atoms with Gasteiger partial charge in [0.2, 0.25) is 0 Å². The zero-order valence-corrected chi connectivity index (χ0v) is 14.2. The molecule has 2 rings (SSSR count). The van der Waals surface area contributed by atoms with Crippen molar-refractivity contribution < 1.29 is 13.2 Å². The monoisotopic (exact) mass is 332 g/mol. The van der Waals surface area contributed by atoms with Crippen LogP contribution in [0.25, 0.3) is 0 Å². The number of hydrogen-bond donors (Lipinski definition) is 0. The van der Waals surface area contributed by atoms with Crippen molar-refractivity contribution in [2.45, 2.75) is 38.0 Å². The van der Waals surface area contributed by atoms with E-state index in [0.717, 1.165) is 25.8 Å². The molecular formula is C14H21ClN2O3S. The van der Waals surface area contributed by atoms with Crippen LogP contribution in [-0.4, -0.2) is 36.9 Å². The van der Waals surface area contributed by atoms with Crippen molar-refractivity contribution in [2.24, 2.45) is 12.5 Å². The van der Waals surface area contributed by atoms with Gasteiger partial charge in [-0.05, 0) is 30.7 Å². The Bertz CT molecular complexity index is 647. The van der Waals surface area contributed by atoms with E-state index in [9.17, 15) is 13.2 Å². The first-order valence-corrected chi connectivity index (χ1v) is 9.43. The van der Waals surface area contributed by atoms with Crippen molar-refractivity contribution in [1.29, 1.82) is 0 Å². The second kappa shape index (κ2) is 5.65. The maximum absolute atomic E-state index is 12.6. The van der Waals surface area contributed by atoms with E-state index >= 15 is 0 Å². The molecule has 1 aromatic heterocycles. The van der Waals surface area contributed by atoms with E-state index in [0.29, 0.717) is 12.2 Å². The number of halogens is 1. The largest absolute Gasteiger partial charge is 0.345 e. The molecule has 1 aromatic rings. The van der Waals surface area contributed by atoms with Crippen molar-refractivity contribution in [1.82, 2.24) is 9.47 Å². The number of carbonyl (C=O) groups is 1. The summed E-state index contributed by atoms with van der Waals surface area (Å²) in [6.07, 6.45) is 4.46. The Morgan fingerprint density at radius 3 is 2.43 bits per heavy atom. The van der Waals surface area contributed by atoms with E-state index < -0.39 is 9.05 Å². The minimum atomic E-state index is -3.81. The van der Waals surface area contributed by atoms with Crippen LogP contribution in [0.4, 0.5) is 0 Å². The molecule has 1 aliphatic rings. The van der Waals surface area contributed by atoms with Crippen LogP contribution in [0.3, 0.4) is 0 Å². The van der Waals surface area contributed by atoms with Gasteiger partial charge in [0.15, 0.2) is 0 Å². The number of nitrogens with zero attached hydrogens (tertiary/aromatic N) is 2. The number of aromatic nitrogens is 1. The predicted octanol–water partition coefficient (Wildman–Crippen LogP) is 2.60. The Balaban J connectivity index is 2.24. The highest BCUT2D eigenvalue weighted by molar-refractivity contribution is 8.13. The van der Waals surface area contributed by atoms with Crippen LogP contribution in [0.2, 0.25) is 0 Å². The molecule has 0 N–H and O–H groups in total. The summed E-state index contributed by atoms with van der Waals surface area (Å²) in [5.41, 5.74) is 0.555. The molecule has 0 bridgehead atoms. The predicted molar refractivity (Wildman–Crippen MR) is 82.0 cm³/mol. The molecule has 0 spiro atoms. The molecule has 1 fully saturated rings. The average molecular weight is 333 g/mol. The van der Waals surface area contributed by atoms with Gasteiger partial charge in [-0.25, -0.2) is 8.42 Å². The van der Waals surface area contributed by atoms with Gasteiger partial charge < -0.3 is 9.47 Å². The molecule has 1 amide bonds. The third kappa shape index (κ3) is 3.11. The van der Waals surface area contributed by atoms with Gasteiger partial charge in [0.05, 0.1) is 0 Å². The number of carbonyl (C=O) groups excluding carboxylic acids is 1. The molecule has 2 heterocycles. The van der Waals surface area contributed by atoms with E-state index in [1.807, 2.05) is 4.90 Å². The molecule has 0 atom stereocenters. The smallest absolute Gasteiger partial charge is 0.270 e. The van der Waals surface area contributed by atoms with Crippen molar-refractivity contribution in [3.8, 4) is 0 Å². The quantitative estimate of drug-likeness (QED) is 0.796. The lowest BCUT2D eigenvalue weighted by atomic mass is 9.82. The van der Waals surface area contributed by atoms with Crippen LogP contribution < -0.4 is 0 Å². The molecule has 118 valence electrons. The second-order valence-corrected chi connectivity index (χ2v) is 8.36. The van der Waals surface area contributed by atoms with Gasteiger partial charge in [0.1, 0.15) is 10.6 Å². The lowest BCUT2D eigenvalue weighted by Crippen LogP contribution is -2.32. The molecule has 0 radical (unpaired) electrons. The second-order valence-electron chi connectivity index (χ2n) is 5.79. The summed E-state index contributed by atoms with van der Waals surface area (Å²) in [5, 5.41) is 0. The summed E-state index contributed by atoms with van der Waals surface area (Å²) >= 11 is 0. The molecule has 0 unspecified atom stereocenters. The highest BCUT2D eigenvalue weighted by Gasteiger charge is 2.38. The van der Waals surface area contributed by atoms with Gasteiger partial charge in [0, 0.05) is 37.0 Å². The number of hydrogen-bond acceptors (Lipinski definition) is 3. The fourth-order valence-corrected chi connectivity index (χ4v) is 3.77. The summed E-state index contributed by atoms with van der Waals surface area (Å²) in [7, 11) is 3.17. The first-order valence-electron chi connectivity index (χ1n) is 7.13. The fraction of sp³-hybridized carbons (Fsp3) is 0.643. The Morgan fingerprint density at radius 2 is 2.00 bits per heavy atom. The molecule has 0 aliphatic carbocycles. The highest BCUT2D eigenvalue weighted by atomic mass is 35.7. The van der Waals surface area contributed by atoms with Gasteiger partial charge in [0.25, 0.3) is 15.0 Å². The van der Waals surface area contributed by atoms with Gasteiger partial charge in [-0.1, -0.05) is 13.8 Å². The number of amides is 1. The Morgan fingerprint density at radius 1 is 1.38 bits per heavy atom. The van der Waals surface area contributed by atoms with Crippen LogP contribution >= 0.6 is 10.7 Å². The minimum Gasteiger partial charge on any atom is -0.345 e. The number of likely N-dealkylation sites (tertiary alicyclic amines) is 1. The van der Waals surface area contributed by atoms with Crippen molar-refractivity contribution in [2.75, 3.05) is 13.1 Å². The van der Waals surface area contributed by atoms with Crippen LogP contribution in [0.5, 0.6) is 0 Å². The lowest BCUT2D eigenvalue weighted by Gasteiger charge is -2.26. The zero-order chi connectivity index (χ0) is 15.8. The summed E-state index contributed by atoms with van der Waals surface area (Å²) in [6, 6.07) is 1.35. The summed E-state index contributed by atoms with van der Waals surface area (Å²) in [4.78, 5) is 14.4. The minimum absolute atomic E-state index is 0.0357. The summed E-state index contributed by atoms with van der Waals surface area (Å²) in [5.74, 6) is -0.132. The number of rotatable bonds is 4. The topological polar surface area (TPSA) is 59.4 Å². The van der Waals surface area contributed by atoms with Gasteiger partial charge in [-0.15, -0.1) is 0 Å². The Hall–Kier alpha value is -1.01. The molecule has 0 aromatic carbocycles. The van der Waals surface area contributed by atoms with Crippen LogP contribution in [-0.2, 0) is 16.1 Å². The molecule has 1 saturated heterocycles. The average Bonchev–Trinajstić information content (AvgIpc) is 3.02. The van der Waals surface area contributed by atoms with Crippen LogP contribution in [0.15, 0.2) is 17.2 Å². The molecule has 0 saturated carbocycles. The molecule has 7 heteroatoms. The van der Waals surface area contributed by atoms with Crippen LogP contribution in [0, 0.1) is 5.41 Å². The maximum atomic E-state index is 12.6. The van der Waals surface area contributed by atoms with E-state index in [4.69, 9.17) is 10.7 Å². The van der Waals surface area contributed by atoms with Gasteiger partial charge in [-0.3, -0.25) is 4.79 Å². The van der Waals surface area contributed by atoms with E-state index in [-0.39, 0.29) is 16.2 Å². The lowest BCUT2D eigenvalue weighted by molar-refractivity contribution is 0.0760. The zero-order valence-electron chi connectivity index (χ0n) is 12.6. The number of aryl methyl sites for hydroxylation is 1. The van der Waals surface area contributed by atoms with Gasteiger partial charge >= 0.3 is 0 Å². The summed E-state index contributed by atoms with van der Waals surface area (Å²) < 4.78 is 24.3. The fourth-order valence-electron chi connectivity index (χ4n) is 2.98. The first-order chi connectivity index (χ1) is 9.72. The van der Waals surface area contributed by atoms with Gasteiger partial charge in [-0.2, -0.15) is 0 Å². The molecule has 21 heavy (non-hydrogen) atoms. The third-order valence-electron chi connectivity index (χ3n) is 4.71. The van der Waals surface area contributed by atoms with E-state index in [2.05, 4.69) is 13.8 Å². The standard InChI is InChI=1S/C14H21ClN2O3S/c1-4-14(5-2)6-7-17(10-14)13(18)12-8-11(9-16(12)3)21(15,19)20/h8-9H,4-7,10H2,1-3H3. The third-order valence-corrected chi connectivity index (χ3v) is 6.03. The molecular weight excluding hydrogens is 312 g/mol. The van der Waals surface area contributed by atoms with Crippen molar-refractivity contribution >= 4 is 25.6 Å². The first kappa shape index (κ1) is 16.4.